The number of nitrogens with zero attached hydrogens (tertiary/aromatic N) is 4. The molecule has 22 heavy (non-hydrogen) atoms. The van der Waals surface area contributed by atoms with Gasteiger partial charge in [0.1, 0.15) is 0 Å². The second-order valence-corrected chi connectivity index (χ2v) is 4.05. The van der Waals surface area contributed by atoms with Gasteiger partial charge in [0, 0.05) is 17.8 Å². The predicted molar refractivity (Wildman–Crippen MR) is 72.0 cm³/mol. The Balaban J connectivity index is 2.65. The summed E-state index contributed by atoms with van der Waals surface area (Å²) in [6.07, 6.45) is 1.63. The van der Waals surface area contributed by atoms with E-state index in [2.05, 4.69) is 0 Å². The number of nitro groups is 3. The fraction of sp³-hybridized carbons (Fsp3) is 0. The van der Waals surface area contributed by atoms with E-state index >= 15 is 0 Å². The Morgan fingerprint density at radius 2 is 1.23 bits per heavy atom. The Hall–Kier alpha value is -3.63. The molecule has 11 heteroatoms. The molecule has 0 spiro atoms. The van der Waals surface area contributed by atoms with Gasteiger partial charge in [-0.1, -0.05) is 0 Å². The Morgan fingerprint density at radius 1 is 0.773 bits per heavy atom. The van der Waals surface area contributed by atoms with Crippen molar-refractivity contribution in [2.75, 3.05) is 0 Å². The fourth-order valence-electron chi connectivity index (χ4n) is 1.70. The average molecular weight is 306 g/mol. The van der Waals surface area contributed by atoms with E-state index in [9.17, 15) is 35.1 Å². The van der Waals surface area contributed by atoms with E-state index in [1.54, 1.807) is 0 Å². The average Bonchev–Trinajstić information content (AvgIpc) is 2.47. The van der Waals surface area contributed by atoms with Crippen molar-refractivity contribution in [1.82, 2.24) is 4.57 Å². The zero-order valence-corrected chi connectivity index (χ0v) is 10.6. The molecule has 1 aromatic heterocycles. The second kappa shape index (κ2) is 5.40. The molecule has 2 aromatic rings. The summed E-state index contributed by atoms with van der Waals surface area (Å²) >= 11 is 0. The Morgan fingerprint density at radius 3 is 1.59 bits per heavy atom. The minimum Gasteiger partial charge on any atom is -0.310 e. The molecule has 0 atom stereocenters. The van der Waals surface area contributed by atoms with Crippen LogP contribution in [0.3, 0.4) is 0 Å². The van der Waals surface area contributed by atoms with Gasteiger partial charge in [-0.05, 0) is 12.1 Å². The van der Waals surface area contributed by atoms with Crippen LogP contribution in [0.2, 0.25) is 0 Å². The summed E-state index contributed by atoms with van der Waals surface area (Å²) in [7, 11) is 0. The van der Waals surface area contributed by atoms with Gasteiger partial charge in [-0.3, -0.25) is 35.1 Å². The highest BCUT2D eigenvalue weighted by Gasteiger charge is 2.24. The quantitative estimate of drug-likeness (QED) is 0.613. The number of hydrogen-bond acceptors (Lipinski definition) is 7. The number of non-ortho nitro benzene ring substituents is 1. The Bertz CT molecular complexity index is 802. The first-order valence-electron chi connectivity index (χ1n) is 5.61. The number of benzene rings is 1. The maximum absolute atomic E-state index is 11.6. The molecule has 2 rings (SSSR count). The van der Waals surface area contributed by atoms with E-state index < -0.39 is 31.6 Å². The number of rotatable bonds is 4. The highest BCUT2D eigenvalue weighted by atomic mass is 16.6. The van der Waals surface area contributed by atoms with Crippen molar-refractivity contribution in [1.29, 1.82) is 0 Å². The van der Waals surface area contributed by atoms with Crippen molar-refractivity contribution >= 4 is 17.1 Å². The second-order valence-electron chi connectivity index (χ2n) is 4.05. The summed E-state index contributed by atoms with van der Waals surface area (Å²) < 4.78 is 0.987. The zero-order chi connectivity index (χ0) is 16.4. The molecule has 112 valence electrons. The van der Waals surface area contributed by atoms with Crippen LogP contribution < -0.4 is 5.43 Å². The Labute approximate surface area is 120 Å². The van der Waals surface area contributed by atoms with Crippen LogP contribution in [0.15, 0.2) is 41.5 Å². The summed E-state index contributed by atoms with van der Waals surface area (Å²) in [5, 5.41) is 32.2. The van der Waals surface area contributed by atoms with Gasteiger partial charge in [0.2, 0.25) is 0 Å². The SMILES string of the molecule is O=c1c([N+](=O)[O-])cn(-c2ccc([N+](=O)[O-])cc2)cc1[N+](=O)[O-]. The smallest absolute Gasteiger partial charge is 0.310 e. The molecule has 0 unspecified atom stereocenters. The lowest BCUT2D eigenvalue weighted by atomic mass is 10.2. The molecule has 0 saturated heterocycles. The van der Waals surface area contributed by atoms with Gasteiger partial charge in [-0.2, -0.15) is 0 Å². The topological polar surface area (TPSA) is 151 Å². The van der Waals surface area contributed by atoms with E-state index in [1.165, 1.54) is 12.1 Å². The molecule has 0 amide bonds. The molecule has 1 aromatic carbocycles. The van der Waals surface area contributed by atoms with Gasteiger partial charge < -0.3 is 4.57 Å². The molecule has 0 aliphatic rings. The molecule has 0 saturated carbocycles. The molecule has 0 N–H and O–H groups in total. The maximum atomic E-state index is 11.6. The minimum atomic E-state index is -1.31. The molecule has 0 aliphatic carbocycles. The van der Waals surface area contributed by atoms with Crippen molar-refractivity contribution in [2.45, 2.75) is 0 Å². The van der Waals surface area contributed by atoms with Crippen molar-refractivity contribution in [3.05, 3.63) is 77.2 Å². The van der Waals surface area contributed by atoms with Gasteiger partial charge in [0.05, 0.1) is 27.2 Å². The monoisotopic (exact) mass is 306 g/mol. The van der Waals surface area contributed by atoms with Gasteiger partial charge >= 0.3 is 16.8 Å². The normalized spacial score (nSPS) is 10.2. The fourth-order valence-corrected chi connectivity index (χ4v) is 1.70. The molecule has 0 aliphatic heterocycles. The van der Waals surface area contributed by atoms with Crippen molar-refractivity contribution < 1.29 is 14.8 Å². The van der Waals surface area contributed by atoms with Crippen molar-refractivity contribution in [3.63, 3.8) is 0 Å². The lowest BCUT2D eigenvalue weighted by Gasteiger charge is -2.05. The summed E-state index contributed by atoms with van der Waals surface area (Å²) in [5.41, 5.74) is -3.26. The van der Waals surface area contributed by atoms with E-state index in [0.29, 0.717) is 0 Å². The predicted octanol–water partition coefficient (Wildman–Crippen LogP) is 1.56. The summed E-state index contributed by atoms with van der Waals surface area (Å²) in [6.45, 7) is 0. The van der Waals surface area contributed by atoms with Gasteiger partial charge in [0.15, 0.2) is 0 Å². The molecule has 11 nitrogen and oxygen atoms in total. The van der Waals surface area contributed by atoms with Crippen LogP contribution in [0.1, 0.15) is 0 Å². The maximum Gasteiger partial charge on any atom is 0.340 e. The van der Waals surface area contributed by atoms with Gasteiger partial charge in [0.25, 0.3) is 5.69 Å². The third-order valence-electron chi connectivity index (χ3n) is 2.74. The number of pyridine rings is 1. The summed E-state index contributed by atoms with van der Waals surface area (Å²) in [4.78, 5) is 41.1. The highest BCUT2D eigenvalue weighted by Crippen LogP contribution is 2.19. The van der Waals surface area contributed by atoms with E-state index in [0.717, 1.165) is 29.1 Å². The first kappa shape index (κ1) is 14.8. The lowest BCUT2D eigenvalue weighted by Crippen LogP contribution is -2.15. The molecular weight excluding hydrogens is 300 g/mol. The third-order valence-corrected chi connectivity index (χ3v) is 2.74. The van der Waals surface area contributed by atoms with Crippen molar-refractivity contribution in [2.24, 2.45) is 0 Å². The lowest BCUT2D eigenvalue weighted by molar-refractivity contribution is -0.397. The van der Waals surface area contributed by atoms with E-state index in [4.69, 9.17) is 0 Å². The van der Waals surface area contributed by atoms with Gasteiger partial charge in [-0.15, -0.1) is 0 Å². The highest BCUT2D eigenvalue weighted by molar-refractivity contribution is 5.46. The molecule has 0 fully saturated rings. The molecule has 0 radical (unpaired) electrons. The number of nitro benzene ring substituents is 1. The molecular formula is C11H6N4O7. The van der Waals surface area contributed by atoms with E-state index in [-0.39, 0.29) is 11.4 Å². The minimum absolute atomic E-state index is 0.191. The standard InChI is InChI=1S/C11H6N4O7/c16-11-9(14(19)20)5-12(6-10(11)15(21)22)7-1-3-8(4-2-7)13(17)18/h1-6H. The third kappa shape index (κ3) is 2.63. The van der Waals surface area contributed by atoms with Gasteiger partial charge in [-0.25, -0.2) is 0 Å². The molecule has 0 bridgehead atoms. The first-order valence-corrected chi connectivity index (χ1v) is 5.61. The number of aromatic nitrogens is 1. The van der Waals surface area contributed by atoms with Crippen LogP contribution in [-0.2, 0) is 0 Å². The first-order chi connectivity index (χ1) is 10.3. The van der Waals surface area contributed by atoms with Crippen LogP contribution in [0.4, 0.5) is 17.1 Å². The Kier molecular flexibility index (Phi) is 3.62. The number of hydrogen-bond donors (Lipinski definition) is 0. The molecule has 1 heterocycles. The summed E-state index contributed by atoms with van der Waals surface area (Å²) in [5.74, 6) is 0. The van der Waals surface area contributed by atoms with Crippen LogP contribution in [0, 0.1) is 30.3 Å². The summed E-state index contributed by atoms with van der Waals surface area (Å²) in [6, 6.07) is 4.75. The zero-order valence-electron chi connectivity index (χ0n) is 10.6. The van der Waals surface area contributed by atoms with Crippen LogP contribution in [0.25, 0.3) is 5.69 Å². The van der Waals surface area contributed by atoms with Crippen LogP contribution >= 0.6 is 0 Å². The van der Waals surface area contributed by atoms with Crippen LogP contribution in [0.5, 0.6) is 0 Å². The van der Waals surface area contributed by atoms with Crippen LogP contribution in [-0.4, -0.2) is 19.3 Å². The largest absolute Gasteiger partial charge is 0.340 e. The van der Waals surface area contributed by atoms with Crippen molar-refractivity contribution in [3.8, 4) is 5.69 Å². The van der Waals surface area contributed by atoms with E-state index in [1.807, 2.05) is 0 Å².